The third-order valence-corrected chi connectivity index (χ3v) is 7.03. The van der Waals surface area contributed by atoms with Crippen LogP contribution in [-0.2, 0) is 16.6 Å². The van der Waals surface area contributed by atoms with Crippen molar-refractivity contribution >= 4 is 21.4 Å². The van der Waals surface area contributed by atoms with Crippen LogP contribution in [0.25, 0.3) is 0 Å². The number of nitrogens with two attached hydrogens (primary N) is 1. The highest BCUT2D eigenvalue weighted by Crippen LogP contribution is 2.29. The predicted octanol–water partition coefficient (Wildman–Crippen LogP) is 1.23. The number of nitrogens with zero attached hydrogens (tertiary/aromatic N) is 2. The second-order valence-corrected chi connectivity index (χ2v) is 7.96. The zero-order valence-electron chi connectivity index (χ0n) is 12.1. The third-order valence-electron chi connectivity index (χ3n) is 3.64. The molecule has 0 radical (unpaired) electrons. The first-order chi connectivity index (χ1) is 9.50. The number of rotatable bonds is 5. The minimum atomic E-state index is -3.39. The molecule has 0 amide bonds. The van der Waals surface area contributed by atoms with Crippen LogP contribution in [0.5, 0.6) is 0 Å². The van der Waals surface area contributed by atoms with Gasteiger partial charge in [0.2, 0.25) is 10.0 Å². The molecule has 0 bridgehead atoms. The Morgan fingerprint density at radius 1 is 1.30 bits per heavy atom. The van der Waals surface area contributed by atoms with E-state index in [9.17, 15) is 8.42 Å². The lowest BCUT2D eigenvalue weighted by molar-refractivity contribution is 0.188. The predicted molar refractivity (Wildman–Crippen MR) is 82.4 cm³/mol. The molecule has 5 nitrogen and oxygen atoms in total. The highest BCUT2D eigenvalue weighted by atomic mass is 32.2. The van der Waals surface area contributed by atoms with E-state index in [4.69, 9.17) is 5.73 Å². The molecule has 0 unspecified atom stereocenters. The van der Waals surface area contributed by atoms with E-state index in [1.807, 2.05) is 12.3 Å². The van der Waals surface area contributed by atoms with Crippen molar-refractivity contribution in [2.45, 2.75) is 31.7 Å². The van der Waals surface area contributed by atoms with E-state index in [1.165, 1.54) is 11.3 Å². The van der Waals surface area contributed by atoms with E-state index in [-0.39, 0.29) is 6.54 Å². The minimum Gasteiger partial charge on any atom is -0.326 e. The fourth-order valence-electron chi connectivity index (χ4n) is 2.61. The summed E-state index contributed by atoms with van der Waals surface area (Å²) >= 11 is 1.43. The van der Waals surface area contributed by atoms with Gasteiger partial charge in [0.05, 0.1) is 0 Å². The smallest absolute Gasteiger partial charge is 0.244 e. The maximum atomic E-state index is 12.8. The Morgan fingerprint density at radius 3 is 2.50 bits per heavy atom. The van der Waals surface area contributed by atoms with Crippen LogP contribution in [0.1, 0.15) is 23.8 Å². The maximum absolute atomic E-state index is 12.8. The van der Waals surface area contributed by atoms with Crippen LogP contribution in [0.2, 0.25) is 0 Å². The molecule has 1 aromatic heterocycles. The summed E-state index contributed by atoms with van der Waals surface area (Å²) in [5, 5.41) is 1.88. The molecule has 1 saturated heterocycles. The number of thiophene rings is 1. The van der Waals surface area contributed by atoms with Crippen LogP contribution >= 0.6 is 11.3 Å². The van der Waals surface area contributed by atoms with Crippen molar-refractivity contribution in [1.82, 2.24) is 9.21 Å². The standard InChI is InChI=1S/C13H23N3O2S2/c1-3-4-15-5-7-16(8-6-15)20(17,18)13-11(2)10-19-12(13)9-14/h10H,3-9,14H2,1-2H3. The molecule has 2 rings (SSSR count). The van der Waals surface area contributed by atoms with Crippen LogP contribution in [-0.4, -0.2) is 50.3 Å². The van der Waals surface area contributed by atoms with Crippen LogP contribution < -0.4 is 5.73 Å². The molecule has 0 atom stereocenters. The van der Waals surface area contributed by atoms with Crippen molar-refractivity contribution < 1.29 is 8.42 Å². The molecule has 7 heteroatoms. The van der Waals surface area contributed by atoms with Crippen molar-refractivity contribution in [2.75, 3.05) is 32.7 Å². The van der Waals surface area contributed by atoms with Crippen LogP contribution in [0.4, 0.5) is 0 Å². The van der Waals surface area contributed by atoms with Crippen molar-refractivity contribution in [2.24, 2.45) is 5.73 Å². The van der Waals surface area contributed by atoms with Crippen LogP contribution in [0.15, 0.2) is 10.3 Å². The van der Waals surface area contributed by atoms with Crippen molar-refractivity contribution in [3.63, 3.8) is 0 Å². The van der Waals surface area contributed by atoms with Gasteiger partial charge in [-0.2, -0.15) is 4.31 Å². The molecule has 1 aromatic rings. The second kappa shape index (κ2) is 6.53. The Bertz CT molecular complexity index is 546. The van der Waals surface area contributed by atoms with E-state index in [1.54, 1.807) is 4.31 Å². The monoisotopic (exact) mass is 317 g/mol. The van der Waals surface area contributed by atoms with Gasteiger partial charge in [-0.1, -0.05) is 6.92 Å². The van der Waals surface area contributed by atoms with Gasteiger partial charge in [0.1, 0.15) is 4.90 Å². The van der Waals surface area contributed by atoms with Gasteiger partial charge in [0.15, 0.2) is 0 Å². The van der Waals surface area contributed by atoms with Crippen molar-refractivity contribution in [3.05, 3.63) is 15.8 Å². The fourth-order valence-corrected chi connectivity index (χ4v) is 5.69. The average Bonchev–Trinajstić information content (AvgIpc) is 2.81. The van der Waals surface area contributed by atoms with Crippen LogP contribution in [0.3, 0.4) is 0 Å². The van der Waals surface area contributed by atoms with Crippen molar-refractivity contribution in [3.8, 4) is 0 Å². The normalized spacial score (nSPS) is 18.6. The molecule has 20 heavy (non-hydrogen) atoms. The van der Waals surface area contributed by atoms with Gasteiger partial charge in [-0.15, -0.1) is 11.3 Å². The molecule has 0 aliphatic carbocycles. The topological polar surface area (TPSA) is 66.6 Å². The number of hydrogen-bond acceptors (Lipinski definition) is 5. The number of sulfonamides is 1. The third kappa shape index (κ3) is 3.07. The lowest BCUT2D eigenvalue weighted by Crippen LogP contribution is -2.48. The maximum Gasteiger partial charge on any atom is 0.244 e. The molecule has 2 N–H and O–H groups in total. The number of piperazine rings is 1. The molecular formula is C13H23N3O2S2. The number of aryl methyl sites for hydroxylation is 1. The Balaban J connectivity index is 2.18. The molecular weight excluding hydrogens is 294 g/mol. The Morgan fingerprint density at radius 2 is 1.95 bits per heavy atom. The van der Waals surface area contributed by atoms with Gasteiger partial charge in [-0.05, 0) is 30.8 Å². The molecule has 1 fully saturated rings. The first kappa shape index (κ1) is 15.9. The lowest BCUT2D eigenvalue weighted by Gasteiger charge is -2.33. The van der Waals surface area contributed by atoms with Gasteiger partial charge < -0.3 is 10.6 Å². The summed E-state index contributed by atoms with van der Waals surface area (Å²) in [4.78, 5) is 3.52. The first-order valence-electron chi connectivity index (χ1n) is 7.00. The van der Waals surface area contributed by atoms with E-state index in [2.05, 4.69) is 11.8 Å². The molecule has 1 aliphatic rings. The Hall–Kier alpha value is -0.470. The Kier molecular flexibility index (Phi) is 5.19. The molecule has 0 spiro atoms. The SMILES string of the molecule is CCCN1CCN(S(=O)(=O)c2c(C)csc2CN)CC1. The van der Waals surface area contributed by atoms with Gasteiger partial charge in [-0.25, -0.2) is 8.42 Å². The summed E-state index contributed by atoms with van der Waals surface area (Å²) in [5.74, 6) is 0. The van der Waals surface area contributed by atoms with Gasteiger partial charge in [-0.3, -0.25) is 0 Å². The van der Waals surface area contributed by atoms with Gasteiger partial charge in [0, 0.05) is 37.6 Å². The molecule has 0 aromatic carbocycles. The lowest BCUT2D eigenvalue weighted by atomic mass is 10.3. The largest absolute Gasteiger partial charge is 0.326 e. The highest BCUT2D eigenvalue weighted by molar-refractivity contribution is 7.89. The molecule has 1 aliphatic heterocycles. The minimum absolute atomic E-state index is 0.281. The summed E-state index contributed by atoms with van der Waals surface area (Å²) in [6, 6.07) is 0. The zero-order chi connectivity index (χ0) is 14.8. The van der Waals surface area contributed by atoms with Gasteiger partial charge in [0.25, 0.3) is 0 Å². The van der Waals surface area contributed by atoms with E-state index in [0.29, 0.717) is 18.0 Å². The van der Waals surface area contributed by atoms with E-state index >= 15 is 0 Å². The average molecular weight is 317 g/mol. The second-order valence-electron chi connectivity index (χ2n) is 5.12. The summed E-state index contributed by atoms with van der Waals surface area (Å²) < 4.78 is 27.1. The van der Waals surface area contributed by atoms with Gasteiger partial charge >= 0.3 is 0 Å². The van der Waals surface area contributed by atoms with E-state index in [0.717, 1.165) is 36.5 Å². The first-order valence-corrected chi connectivity index (χ1v) is 9.32. The van der Waals surface area contributed by atoms with Crippen LogP contribution in [0, 0.1) is 6.92 Å². The zero-order valence-corrected chi connectivity index (χ0v) is 13.8. The Labute approximate surface area is 125 Å². The van der Waals surface area contributed by atoms with E-state index < -0.39 is 10.0 Å². The highest BCUT2D eigenvalue weighted by Gasteiger charge is 2.31. The number of hydrogen-bond donors (Lipinski definition) is 1. The molecule has 2 heterocycles. The summed E-state index contributed by atoms with van der Waals surface area (Å²) in [5.41, 5.74) is 6.48. The summed E-state index contributed by atoms with van der Waals surface area (Å²) in [7, 11) is -3.39. The fraction of sp³-hybridized carbons (Fsp3) is 0.692. The summed E-state index contributed by atoms with van der Waals surface area (Å²) in [6.45, 7) is 8.08. The summed E-state index contributed by atoms with van der Waals surface area (Å²) in [6.07, 6.45) is 1.10. The molecule has 0 saturated carbocycles. The molecule has 114 valence electrons. The van der Waals surface area contributed by atoms with Crippen molar-refractivity contribution in [1.29, 1.82) is 0 Å². The quantitative estimate of drug-likeness (QED) is 0.887.